The van der Waals surface area contributed by atoms with Gasteiger partial charge in [0.15, 0.2) is 0 Å². The lowest BCUT2D eigenvalue weighted by atomic mass is 10.0. The number of carbonyl (C=O) groups excluding carboxylic acids is 1. The lowest BCUT2D eigenvalue weighted by molar-refractivity contribution is 0.0527. The van der Waals surface area contributed by atoms with Gasteiger partial charge in [-0.05, 0) is 30.7 Å². The van der Waals surface area contributed by atoms with Crippen LogP contribution in [0.5, 0.6) is 5.75 Å². The zero-order valence-electron chi connectivity index (χ0n) is 15.1. The van der Waals surface area contributed by atoms with Gasteiger partial charge >= 0.3 is 5.97 Å². The molecule has 0 amide bonds. The van der Waals surface area contributed by atoms with Crippen LogP contribution in [0.3, 0.4) is 0 Å². The molecule has 1 heterocycles. The third kappa shape index (κ3) is 3.09. The second kappa shape index (κ2) is 7.38. The van der Waals surface area contributed by atoms with Gasteiger partial charge in [-0.1, -0.05) is 53.5 Å². The number of phenols is 1. The number of H-pyrrole nitrogens is 1. The van der Waals surface area contributed by atoms with Crippen LogP contribution in [0.2, 0.25) is 10.0 Å². The first-order valence-electron chi connectivity index (χ1n) is 8.86. The van der Waals surface area contributed by atoms with Crippen LogP contribution in [0.25, 0.3) is 21.7 Å². The standard InChI is InChI=1S/C22H17Cl2NO3/c1-2-28-22(27)20-15-11-19(26)12-6-3-4-7-13(12)21(15)25-18(20)10-14-16(23)8-5-9-17(14)24/h3-9,11,25-26H,2,10H2,1H3. The van der Waals surface area contributed by atoms with E-state index >= 15 is 0 Å². The summed E-state index contributed by atoms with van der Waals surface area (Å²) in [6, 6.07) is 14.4. The maximum Gasteiger partial charge on any atom is 0.340 e. The topological polar surface area (TPSA) is 62.3 Å². The van der Waals surface area contributed by atoms with Crippen LogP contribution >= 0.6 is 23.2 Å². The number of esters is 1. The van der Waals surface area contributed by atoms with E-state index in [1.54, 1.807) is 31.2 Å². The maximum atomic E-state index is 12.8. The van der Waals surface area contributed by atoms with Crippen LogP contribution < -0.4 is 0 Å². The minimum absolute atomic E-state index is 0.106. The van der Waals surface area contributed by atoms with E-state index in [0.29, 0.717) is 38.5 Å². The zero-order chi connectivity index (χ0) is 19.8. The summed E-state index contributed by atoms with van der Waals surface area (Å²) in [4.78, 5) is 16.1. The Morgan fingerprint density at radius 2 is 1.71 bits per heavy atom. The summed E-state index contributed by atoms with van der Waals surface area (Å²) in [7, 11) is 0. The average molecular weight is 414 g/mol. The van der Waals surface area contributed by atoms with Gasteiger partial charge in [0.25, 0.3) is 0 Å². The van der Waals surface area contributed by atoms with Crippen molar-refractivity contribution in [3.05, 3.63) is 75.4 Å². The molecule has 0 aliphatic rings. The fraction of sp³-hybridized carbons (Fsp3) is 0.136. The van der Waals surface area contributed by atoms with Gasteiger partial charge in [-0.25, -0.2) is 4.79 Å². The molecule has 4 aromatic rings. The SMILES string of the molecule is CCOC(=O)c1c(Cc2c(Cl)cccc2Cl)[nH]c2c1cc(O)c1ccccc12. The predicted molar refractivity (Wildman–Crippen MR) is 113 cm³/mol. The quantitative estimate of drug-likeness (QED) is 0.397. The second-order valence-corrected chi connectivity index (χ2v) is 7.25. The van der Waals surface area contributed by atoms with E-state index in [2.05, 4.69) is 4.98 Å². The monoisotopic (exact) mass is 413 g/mol. The van der Waals surface area contributed by atoms with Gasteiger partial charge in [-0.2, -0.15) is 0 Å². The molecule has 4 nitrogen and oxygen atoms in total. The number of aromatic hydroxyl groups is 1. The molecule has 0 radical (unpaired) electrons. The first-order chi connectivity index (χ1) is 13.5. The van der Waals surface area contributed by atoms with E-state index in [1.807, 2.05) is 24.3 Å². The highest BCUT2D eigenvalue weighted by atomic mass is 35.5. The van der Waals surface area contributed by atoms with Gasteiger partial charge in [0, 0.05) is 38.3 Å². The fourth-order valence-electron chi connectivity index (χ4n) is 3.51. The Morgan fingerprint density at radius 1 is 1.04 bits per heavy atom. The van der Waals surface area contributed by atoms with E-state index in [9.17, 15) is 9.90 Å². The van der Waals surface area contributed by atoms with Crippen LogP contribution in [0.15, 0.2) is 48.5 Å². The van der Waals surface area contributed by atoms with Crippen molar-refractivity contribution in [2.24, 2.45) is 0 Å². The number of hydrogen-bond acceptors (Lipinski definition) is 3. The van der Waals surface area contributed by atoms with Crippen LogP contribution in [-0.4, -0.2) is 22.7 Å². The van der Waals surface area contributed by atoms with E-state index in [0.717, 1.165) is 16.5 Å². The third-order valence-electron chi connectivity index (χ3n) is 4.76. The van der Waals surface area contributed by atoms with E-state index in [4.69, 9.17) is 27.9 Å². The number of rotatable bonds is 4. The Morgan fingerprint density at radius 3 is 2.39 bits per heavy atom. The summed E-state index contributed by atoms with van der Waals surface area (Å²) < 4.78 is 5.28. The van der Waals surface area contributed by atoms with E-state index in [-0.39, 0.29) is 12.4 Å². The van der Waals surface area contributed by atoms with Crippen molar-refractivity contribution in [2.75, 3.05) is 6.61 Å². The molecule has 0 aliphatic carbocycles. The average Bonchev–Trinajstić information content (AvgIpc) is 3.03. The van der Waals surface area contributed by atoms with Gasteiger partial charge in [0.2, 0.25) is 0 Å². The number of fused-ring (bicyclic) bond motifs is 3. The molecule has 2 N–H and O–H groups in total. The number of nitrogens with one attached hydrogen (secondary N) is 1. The molecule has 3 aromatic carbocycles. The van der Waals surface area contributed by atoms with Crippen molar-refractivity contribution in [3.63, 3.8) is 0 Å². The lowest BCUT2D eigenvalue weighted by Gasteiger charge is -2.08. The Kier molecular flexibility index (Phi) is 4.92. The summed E-state index contributed by atoms with van der Waals surface area (Å²) in [6.45, 7) is 2.00. The molecule has 142 valence electrons. The Labute approximate surface area is 171 Å². The van der Waals surface area contributed by atoms with Gasteiger partial charge in [-0.15, -0.1) is 0 Å². The number of aromatic nitrogens is 1. The Balaban J connectivity index is 2.00. The Hall–Kier alpha value is -2.69. The summed E-state index contributed by atoms with van der Waals surface area (Å²) in [5, 5.41) is 13.7. The van der Waals surface area contributed by atoms with E-state index in [1.165, 1.54) is 0 Å². The van der Waals surface area contributed by atoms with Crippen molar-refractivity contribution in [3.8, 4) is 5.75 Å². The molecule has 0 saturated heterocycles. The molecule has 0 fully saturated rings. The molecule has 0 spiro atoms. The van der Waals surface area contributed by atoms with E-state index < -0.39 is 5.97 Å². The maximum absolute atomic E-state index is 12.8. The zero-order valence-corrected chi connectivity index (χ0v) is 16.6. The highest BCUT2D eigenvalue weighted by Crippen LogP contribution is 2.37. The fourth-order valence-corrected chi connectivity index (χ4v) is 4.04. The van der Waals surface area contributed by atoms with Crippen molar-refractivity contribution in [1.29, 1.82) is 0 Å². The van der Waals surface area contributed by atoms with Crippen LogP contribution in [-0.2, 0) is 11.2 Å². The van der Waals surface area contributed by atoms with Gasteiger partial charge < -0.3 is 14.8 Å². The second-order valence-electron chi connectivity index (χ2n) is 6.44. The number of halogens is 2. The summed E-state index contributed by atoms with van der Waals surface area (Å²) in [5.74, 6) is -0.350. The normalized spacial score (nSPS) is 11.2. The first-order valence-corrected chi connectivity index (χ1v) is 9.62. The summed E-state index contributed by atoms with van der Waals surface area (Å²) in [5.41, 5.74) is 2.50. The lowest BCUT2D eigenvalue weighted by Crippen LogP contribution is -2.07. The number of benzene rings is 3. The molecule has 0 bridgehead atoms. The molecular formula is C22H17Cl2NO3. The largest absolute Gasteiger partial charge is 0.507 e. The van der Waals surface area contributed by atoms with Crippen molar-refractivity contribution in [2.45, 2.75) is 13.3 Å². The number of ether oxygens (including phenoxy) is 1. The summed E-state index contributed by atoms with van der Waals surface area (Å²) in [6.07, 6.45) is 0.330. The molecule has 28 heavy (non-hydrogen) atoms. The van der Waals surface area contributed by atoms with Crippen LogP contribution in [0.4, 0.5) is 0 Å². The summed E-state index contributed by atoms with van der Waals surface area (Å²) >= 11 is 12.7. The predicted octanol–water partition coefficient (Wildman–Crippen LogP) is 6.10. The minimum Gasteiger partial charge on any atom is -0.507 e. The number of carbonyl (C=O) groups is 1. The van der Waals surface area contributed by atoms with Crippen molar-refractivity contribution in [1.82, 2.24) is 4.98 Å². The van der Waals surface area contributed by atoms with Crippen molar-refractivity contribution >= 4 is 50.8 Å². The number of phenolic OH excluding ortho intramolecular Hbond substituents is 1. The molecule has 0 saturated carbocycles. The van der Waals surface area contributed by atoms with Crippen LogP contribution in [0, 0.1) is 0 Å². The Bertz CT molecular complexity index is 1190. The third-order valence-corrected chi connectivity index (χ3v) is 5.47. The molecular weight excluding hydrogens is 397 g/mol. The first kappa shape index (κ1) is 18.7. The molecule has 6 heteroatoms. The minimum atomic E-state index is -0.457. The number of aromatic amines is 1. The molecule has 1 aromatic heterocycles. The van der Waals surface area contributed by atoms with Gasteiger partial charge in [-0.3, -0.25) is 0 Å². The van der Waals surface area contributed by atoms with Crippen LogP contribution in [0.1, 0.15) is 28.5 Å². The van der Waals surface area contributed by atoms with Gasteiger partial charge in [0.05, 0.1) is 17.7 Å². The van der Waals surface area contributed by atoms with Gasteiger partial charge in [0.1, 0.15) is 5.75 Å². The smallest absolute Gasteiger partial charge is 0.340 e. The highest BCUT2D eigenvalue weighted by Gasteiger charge is 2.23. The molecule has 0 aliphatic heterocycles. The van der Waals surface area contributed by atoms with Crippen molar-refractivity contribution < 1.29 is 14.6 Å². The molecule has 0 atom stereocenters. The highest BCUT2D eigenvalue weighted by molar-refractivity contribution is 6.36. The molecule has 0 unspecified atom stereocenters. The number of hydrogen-bond donors (Lipinski definition) is 2. The molecule has 4 rings (SSSR count).